The van der Waals surface area contributed by atoms with Crippen LogP contribution in [0.25, 0.3) is 0 Å². The third kappa shape index (κ3) is 4.72. The molecule has 0 aromatic heterocycles. The average molecular weight is 301 g/mol. The summed E-state index contributed by atoms with van der Waals surface area (Å²) in [4.78, 5) is 23.9. The summed E-state index contributed by atoms with van der Waals surface area (Å²) in [5.74, 6) is -0.371. The summed E-state index contributed by atoms with van der Waals surface area (Å²) in [6, 6.07) is 7.65. The molecule has 0 heterocycles. The lowest BCUT2D eigenvalue weighted by molar-refractivity contribution is -0.153. The Hall–Kier alpha value is -2.10. The van der Waals surface area contributed by atoms with Crippen LogP contribution < -0.4 is 5.32 Å². The quantitative estimate of drug-likeness (QED) is 0.646. The number of carbonyl (C=O) groups is 2. The lowest BCUT2D eigenvalue weighted by Crippen LogP contribution is -2.30. The van der Waals surface area contributed by atoms with Crippen LogP contribution in [0.1, 0.15) is 38.7 Å². The van der Waals surface area contributed by atoms with E-state index >= 15 is 0 Å². The molecule has 0 aliphatic heterocycles. The Labute approximate surface area is 131 Å². The molecule has 1 aliphatic rings. The van der Waals surface area contributed by atoms with Crippen LogP contribution in [0, 0.1) is 5.92 Å². The molecule has 1 aromatic carbocycles. The Bertz CT molecular complexity index is 548. The second kappa shape index (κ2) is 7.78. The van der Waals surface area contributed by atoms with E-state index in [1.165, 1.54) is 5.56 Å². The number of benzene rings is 1. The van der Waals surface area contributed by atoms with Crippen LogP contribution in [0.5, 0.6) is 0 Å². The highest BCUT2D eigenvalue weighted by Gasteiger charge is 2.21. The lowest BCUT2D eigenvalue weighted by atomic mass is 10.1. The molecule has 0 fully saturated rings. The molecule has 1 amide bonds. The number of allylic oxidation sites excluding steroid dienone is 2. The van der Waals surface area contributed by atoms with Gasteiger partial charge < -0.3 is 10.1 Å². The van der Waals surface area contributed by atoms with Crippen molar-refractivity contribution in [1.29, 1.82) is 0 Å². The standard InChI is InChI=1S/C18H23NO3/c1-3-14-8-10-16(11-9-14)19-18(21)13(2)22-17(20)12-15-6-4-5-7-15/h4,6,8-11,13,15H,3,5,7,12H2,1-2H3,(H,19,21)/t13-,15-/m0/s1. The SMILES string of the molecule is CCc1ccc(NC(=O)[C@H](C)OC(=O)C[C@H]2C=CCC2)cc1. The zero-order valence-electron chi connectivity index (χ0n) is 13.2. The van der Waals surface area contributed by atoms with Crippen LogP contribution in [0.3, 0.4) is 0 Å². The van der Waals surface area contributed by atoms with Gasteiger partial charge in [-0.1, -0.05) is 31.2 Å². The predicted molar refractivity (Wildman–Crippen MR) is 86.5 cm³/mol. The highest BCUT2D eigenvalue weighted by atomic mass is 16.5. The maximum absolute atomic E-state index is 12.0. The minimum absolute atomic E-state index is 0.254. The highest BCUT2D eigenvalue weighted by molar-refractivity contribution is 5.95. The van der Waals surface area contributed by atoms with E-state index in [1.807, 2.05) is 30.3 Å². The zero-order chi connectivity index (χ0) is 15.9. The Kier molecular flexibility index (Phi) is 5.75. The van der Waals surface area contributed by atoms with Gasteiger partial charge in [0.25, 0.3) is 5.91 Å². The van der Waals surface area contributed by atoms with Crippen molar-refractivity contribution in [2.45, 2.75) is 45.6 Å². The fourth-order valence-corrected chi connectivity index (χ4v) is 2.45. The van der Waals surface area contributed by atoms with Crippen LogP contribution in [0.15, 0.2) is 36.4 Å². The summed E-state index contributed by atoms with van der Waals surface area (Å²) in [6.07, 6.45) is 6.64. The first-order valence-electron chi connectivity index (χ1n) is 7.84. The van der Waals surface area contributed by atoms with E-state index in [1.54, 1.807) is 6.92 Å². The van der Waals surface area contributed by atoms with Gasteiger partial charge in [-0.05, 0) is 49.8 Å². The van der Waals surface area contributed by atoms with E-state index in [0.29, 0.717) is 12.1 Å². The third-order valence-corrected chi connectivity index (χ3v) is 3.85. The van der Waals surface area contributed by atoms with Crippen LogP contribution in [-0.2, 0) is 20.7 Å². The summed E-state index contributed by atoms with van der Waals surface area (Å²) < 4.78 is 5.21. The number of anilines is 1. The number of aryl methyl sites for hydroxylation is 1. The molecule has 2 rings (SSSR count). The van der Waals surface area contributed by atoms with Crippen molar-refractivity contribution >= 4 is 17.6 Å². The van der Waals surface area contributed by atoms with Gasteiger partial charge in [0.2, 0.25) is 0 Å². The normalized spacial score (nSPS) is 18.0. The first kappa shape index (κ1) is 16.3. The molecule has 0 saturated carbocycles. The van der Waals surface area contributed by atoms with Gasteiger partial charge in [0.1, 0.15) is 0 Å². The highest BCUT2D eigenvalue weighted by Crippen LogP contribution is 2.21. The molecular formula is C18H23NO3. The van der Waals surface area contributed by atoms with Crippen molar-refractivity contribution in [1.82, 2.24) is 0 Å². The minimum atomic E-state index is -0.788. The average Bonchev–Trinajstić information content (AvgIpc) is 3.00. The fraction of sp³-hybridized carbons (Fsp3) is 0.444. The minimum Gasteiger partial charge on any atom is -0.453 e. The van der Waals surface area contributed by atoms with Gasteiger partial charge in [-0.3, -0.25) is 9.59 Å². The number of hydrogen-bond donors (Lipinski definition) is 1. The number of nitrogens with one attached hydrogen (secondary N) is 1. The van der Waals surface area contributed by atoms with Gasteiger partial charge in [-0.25, -0.2) is 0 Å². The maximum atomic E-state index is 12.0. The summed E-state index contributed by atoms with van der Waals surface area (Å²) in [5.41, 5.74) is 1.92. The van der Waals surface area contributed by atoms with Crippen LogP contribution in [0.4, 0.5) is 5.69 Å². The molecule has 0 unspecified atom stereocenters. The van der Waals surface area contributed by atoms with E-state index in [2.05, 4.69) is 18.3 Å². The number of amides is 1. The summed E-state index contributed by atoms with van der Waals surface area (Å²) in [6.45, 7) is 3.67. The molecule has 118 valence electrons. The number of esters is 1. The van der Waals surface area contributed by atoms with Crippen LogP contribution in [0.2, 0.25) is 0 Å². The van der Waals surface area contributed by atoms with E-state index in [0.717, 1.165) is 19.3 Å². The van der Waals surface area contributed by atoms with Crippen molar-refractivity contribution in [3.63, 3.8) is 0 Å². The molecule has 1 aromatic rings. The number of ether oxygens (including phenoxy) is 1. The van der Waals surface area contributed by atoms with E-state index in [-0.39, 0.29) is 17.8 Å². The van der Waals surface area contributed by atoms with Crippen LogP contribution in [-0.4, -0.2) is 18.0 Å². The summed E-state index contributed by atoms with van der Waals surface area (Å²) in [5, 5.41) is 2.76. The zero-order valence-corrected chi connectivity index (χ0v) is 13.2. The molecule has 0 saturated heterocycles. The third-order valence-electron chi connectivity index (χ3n) is 3.85. The van der Waals surface area contributed by atoms with Crippen molar-refractivity contribution in [3.05, 3.63) is 42.0 Å². The molecule has 4 nitrogen and oxygen atoms in total. The second-order valence-corrected chi connectivity index (χ2v) is 5.64. The van der Waals surface area contributed by atoms with Gasteiger partial charge in [0, 0.05) is 5.69 Å². The topological polar surface area (TPSA) is 55.4 Å². The van der Waals surface area contributed by atoms with E-state index < -0.39 is 6.10 Å². The van der Waals surface area contributed by atoms with Gasteiger partial charge in [0.05, 0.1) is 6.42 Å². The van der Waals surface area contributed by atoms with Gasteiger partial charge in [-0.2, -0.15) is 0 Å². The van der Waals surface area contributed by atoms with Crippen molar-refractivity contribution in [2.24, 2.45) is 5.92 Å². The molecule has 2 atom stereocenters. The van der Waals surface area contributed by atoms with Crippen molar-refractivity contribution < 1.29 is 14.3 Å². The molecular weight excluding hydrogens is 278 g/mol. The Morgan fingerprint density at radius 1 is 1.32 bits per heavy atom. The monoisotopic (exact) mass is 301 g/mol. The molecule has 4 heteroatoms. The number of rotatable bonds is 6. The van der Waals surface area contributed by atoms with Crippen LogP contribution >= 0.6 is 0 Å². The smallest absolute Gasteiger partial charge is 0.307 e. The predicted octanol–water partition coefficient (Wildman–Crippen LogP) is 3.48. The Balaban J connectivity index is 1.80. The molecule has 0 radical (unpaired) electrons. The van der Waals surface area contributed by atoms with Gasteiger partial charge >= 0.3 is 5.97 Å². The van der Waals surface area contributed by atoms with E-state index in [4.69, 9.17) is 4.74 Å². The molecule has 0 bridgehead atoms. The summed E-state index contributed by atoms with van der Waals surface area (Å²) in [7, 11) is 0. The fourth-order valence-electron chi connectivity index (χ4n) is 2.45. The Morgan fingerprint density at radius 3 is 2.64 bits per heavy atom. The first-order chi connectivity index (χ1) is 10.6. The maximum Gasteiger partial charge on any atom is 0.307 e. The largest absolute Gasteiger partial charge is 0.453 e. The van der Waals surface area contributed by atoms with Gasteiger partial charge in [0.15, 0.2) is 6.10 Å². The van der Waals surface area contributed by atoms with Gasteiger partial charge in [-0.15, -0.1) is 0 Å². The van der Waals surface area contributed by atoms with Crippen molar-refractivity contribution in [3.8, 4) is 0 Å². The number of carbonyl (C=O) groups excluding carboxylic acids is 2. The second-order valence-electron chi connectivity index (χ2n) is 5.64. The first-order valence-corrected chi connectivity index (χ1v) is 7.84. The lowest BCUT2D eigenvalue weighted by Gasteiger charge is -2.15. The summed E-state index contributed by atoms with van der Waals surface area (Å²) >= 11 is 0. The number of hydrogen-bond acceptors (Lipinski definition) is 3. The molecule has 0 spiro atoms. The molecule has 22 heavy (non-hydrogen) atoms. The Morgan fingerprint density at radius 2 is 2.05 bits per heavy atom. The van der Waals surface area contributed by atoms with E-state index in [9.17, 15) is 9.59 Å². The molecule has 1 aliphatic carbocycles. The molecule has 1 N–H and O–H groups in total. The van der Waals surface area contributed by atoms with Crippen molar-refractivity contribution in [2.75, 3.05) is 5.32 Å².